The van der Waals surface area contributed by atoms with Crippen molar-refractivity contribution >= 4 is 28.3 Å². The van der Waals surface area contributed by atoms with Crippen LogP contribution >= 0.6 is 11.3 Å². The lowest BCUT2D eigenvalue weighted by Crippen LogP contribution is -2.44. The van der Waals surface area contributed by atoms with Crippen LogP contribution in [0.1, 0.15) is 63.1 Å². The van der Waals surface area contributed by atoms with Crippen molar-refractivity contribution in [2.45, 2.75) is 65.0 Å². The highest BCUT2D eigenvalue weighted by Gasteiger charge is 2.22. The number of benzene rings is 1. The minimum Gasteiger partial charge on any atom is -0.344 e. The molecule has 0 saturated carbocycles. The highest BCUT2D eigenvalue weighted by atomic mass is 32.1. The van der Waals surface area contributed by atoms with Crippen LogP contribution in [0.2, 0.25) is 0 Å². The average Bonchev–Trinajstić information content (AvgIpc) is 3.15. The molecule has 2 aromatic rings. The van der Waals surface area contributed by atoms with Crippen molar-refractivity contribution in [1.29, 1.82) is 0 Å². The summed E-state index contributed by atoms with van der Waals surface area (Å²) in [4.78, 5) is 25.0. The van der Waals surface area contributed by atoms with Crippen LogP contribution in [0.25, 0.3) is 0 Å². The topological polar surface area (TPSA) is 96.0 Å². The first kappa shape index (κ1) is 24.8. The Morgan fingerprint density at radius 2 is 1.81 bits per heavy atom. The van der Waals surface area contributed by atoms with E-state index >= 15 is 0 Å². The number of nitrogens with zero attached hydrogens (tertiary/aromatic N) is 2. The van der Waals surface area contributed by atoms with Gasteiger partial charge in [-0.05, 0) is 44.0 Å². The Balaban J connectivity index is 1.95. The van der Waals surface area contributed by atoms with Gasteiger partial charge in [0.1, 0.15) is 22.7 Å². The molecule has 1 aromatic heterocycles. The molecule has 0 bridgehead atoms. The fourth-order valence-corrected chi connectivity index (χ4v) is 3.71. The van der Waals surface area contributed by atoms with E-state index < -0.39 is 29.5 Å². The number of nitrogens with one attached hydrogen (secondary N) is 3. The van der Waals surface area contributed by atoms with Gasteiger partial charge >= 0.3 is 0 Å². The SMILES string of the molecule is CCCCNC(C)c1nnc(NC(=O)C(CCC)NC(=O)Cc2cc(F)cc(F)c2)s1. The fourth-order valence-electron chi connectivity index (χ4n) is 2.94. The quantitative estimate of drug-likeness (QED) is 0.426. The molecule has 0 aliphatic rings. The Kier molecular flexibility index (Phi) is 9.93. The van der Waals surface area contributed by atoms with E-state index in [0.29, 0.717) is 18.0 Å². The zero-order valence-electron chi connectivity index (χ0n) is 18.0. The normalized spacial score (nSPS) is 12.9. The van der Waals surface area contributed by atoms with E-state index in [1.807, 2.05) is 13.8 Å². The summed E-state index contributed by atoms with van der Waals surface area (Å²) in [5.74, 6) is -2.41. The predicted octanol–water partition coefficient (Wildman–Crippen LogP) is 3.73. The Labute approximate surface area is 185 Å². The number of carbonyl (C=O) groups excluding carboxylic acids is 2. The number of amides is 2. The molecule has 1 heterocycles. The zero-order chi connectivity index (χ0) is 22.8. The third-order valence-electron chi connectivity index (χ3n) is 4.54. The minimum atomic E-state index is -0.789. The summed E-state index contributed by atoms with van der Waals surface area (Å²) in [5, 5.41) is 17.9. The van der Waals surface area contributed by atoms with E-state index in [1.165, 1.54) is 11.3 Å². The number of unbranched alkanes of at least 4 members (excludes halogenated alkanes) is 1. The highest BCUT2D eigenvalue weighted by molar-refractivity contribution is 7.15. The molecule has 0 aliphatic carbocycles. The second-order valence-electron chi connectivity index (χ2n) is 7.33. The first-order chi connectivity index (χ1) is 14.8. The molecule has 2 unspecified atom stereocenters. The maximum atomic E-state index is 13.3. The molecule has 0 saturated heterocycles. The van der Waals surface area contributed by atoms with Crippen molar-refractivity contribution in [1.82, 2.24) is 20.8 Å². The van der Waals surface area contributed by atoms with Gasteiger partial charge in [0.15, 0.2) is 0 Å². The van der Waals surface area contributed by atoms with Gasteiger partial charge in [0, 0.05) is 6.07 Å². The molecule has 10 heteroatoms. The fraction of sp³-hybridized carbons (Fsp3) is 0.524. The number of carbonyl (C=O) groups is 2. The molecule has 7 nitrogen and oxygen atoms in total. The number of hydrogen-bond donors (Lipinski definition) is 3. The molecule has 2 amide bonds. The molecule has 0 aliphatic heterocycles. The van der Waals surface area contributed by atoms with Crippen molar-refractivity contribution in [3.8, 4) is 0 Å². The van der Waals surface area contributed by atoms with E-state index in [-0.39, 0.29) is 18.0 Å². The number of aromatic nitrogens is 2. The van der Waals surface area contributed by atoms with Crippen molar-refractivity contribution in [2.24, 2.45) is 0 Å². The van der Waals surface area contributed by atoms with Crippen LogP contribution in [0, 0.1) is 11.6 Å². The third kappa shape index (κ3) is 8.29. The molecular formula is C21H29F2N5O2S. The summed E-state index contributed by atoms with van der Waals surface area (Å²) < 4.78 is 26.7. The van der Waals surface area contributed by atoms with Gasteiger partial charge in [0.2, 0.25) is 16.9 Å². The van der Waals surface area contributed by atoms with Crippen LogP contribution in [0.3, 0.4) is 0 Å². The second-order valence-corrected chi connectivity index (χ2v) is 8.34. The summed E-state index contributed by atoms with van der Waals surface area (Å²) in [6.45, 7) is 6.86. The first-order valence-electron chi connectivity index (χ1n) is 10.4. The molecular weight excluding hydrogens is 424 g/mol. The van der Waals surface area contributed by atoms with Crippen molar-refractivity contribution < 1.29 is 18.4 Å². The number of halogens is 2. The van der Waals surface area contributed by atoms with Crippen LogP contribution in [-0.2, 0) is 16.0 Å². The molecule has 1 aromatic carbocycles. The van der Waals surface area contributed by atoms with Crippen LogP contribution in [0.4, 0.5) is 13.9 Å². The molecule has 31 heavy (non-hydrogen) atoms. The first-order valence-corrected chi connectivity index (χ1v) is 11.3. The average molecular weight is 454 g/mol. The molecule has 3 N–H and O–H groups in total. The zero-order valence-corrected chi connectivity index (χ0v) is 18.8. The molecule has 0 fully saturated rings. The number of anilines is 1. The third-order valence-corrected chi connectivity index (χ3v) is 5.56. The van der Waals surface area contributed by atoms with E-state index in [0.717, 1.165) is 42.6 Å². The maximum Gasteiger partial charge on any atom is 0.248 e. The van der Waals surface area contributed by atoms with Gasteiger partial charge in [-0.15, -0.1) is 10.2 Å². The number of hydrogen-bond acceptors (Lipinski definition) is 6. The molecule has 2 rings (SSSR count). The summed E-state index contributed by atoms with van der Waals surface area (Å²) in [5.41, 5.74) is 0.198. The largest absolute Gasteiger partial charge is 0.344 e. The van der Waals surface area contributed by atoms with Crippen LogP contribution < -0.4 is 16.0 Å². The Hall–Kier alpha value is -2.46. The lowest BCUT2D eigenvalue weighted by atomic mass is 10.1. The van der Waals surface area contributed by atoms with Gasteiger partial charge in [-0.1, -0.05) is 38.0 Å². The van der Waals surface area contributed by atoms with Gasteiger partial charge < -0.3 is 10.6 Å². The van der Waals surface area contributed by atoms with Crippen molar-refractivity contribution in [2.75, 3.05) is 11.9 Å². The summed E-state index contributed by atoms with van der Waals surface area (Å²) in [7, 11) is 0. The molecule has 0 spiro atoms. The molecule has 2 atom stereocenters. The van der Waals surface area contributed by atoms with Crippen LogP contribution in [-0.4, -0.2) is 34.6 Å². The Bertz CT molecular complexity index is 857. The van der Waals surface area contributed by atoms with Crippen molar-refractivity contribution in [3.63, 3.8) is 0 Å². The van der Waals surface area contributed by atoms with Gasteiger partial charge in [-0.25, -0.2) is 8.78 Å². The molecule has 170 valence electrons. The van der Waals surface area contributed by atoms with E-state index in [4.69, 9.17) is 0 Å². The van der Waals surface area contributed by atoms with Gasteiger partial charge in [0.05, 0.1) is 12.5 Å². The maximum absolute atomic E-state index is 13.3. The lowest BCUT2D eigenvalue weighted by molar-refractivity contribution is -0.126. The van der Waals surface area contributed by atoms with Gasteiger partial charge in [-0.3, -0.25) is 14.9 Å². The number of rotatable bonds is 12. The lowest BCUT2D eigenvalue weighted by Gasteiger charge is -2.17. The van der Waals surface area contributed by atoms with Crippen molar-refractivity contribution in [3.05, 3.63) is 40.4 Å². The Morgan fingerprint density at radius 1 is 1.10 bits per heavy atom. The summed E-state index contributed by atoms with van der Waals surface area (Å²) in [6.07, 6.45) is 3.00. The highest BCUT2D eigenvalue weighted by Crippen LogP contribution is 2.21. The predicted molar refractivity (Wildman–Crippen MR) is 117 cm³/mol. The molecule has 0 radical (unpaired) electrons. The second kappa shape index (κ2) is 12.4. The van der Waals surface area contributed by atoms with E-state index in [1.54, 1.807) is 0 Å². The van der Waals surface area contributed by atoms with Crippen LogP contribution in [0.5, 0.6) is 0 Å². The van der Waals surface area contributed by atoms with E-state index in [2.05, 4.69) is 33.1 Å². The smallest absolute Gasteiger partial charge is 0.248 e. The summed E-state index contributed by atoms with van der Waals surface area (Å²) >= 11 is 1.27. The summed E-state index contributed by atoms with van der Waals surface area (Å²) in [6, 6.07) is 2.16. The van der Waals surface area contributed by atoms with Gasteiger partial charge in [0.25, 0.3) is 0 Å². The minimum absolute atomic E-state index is 0.0208. The van der Waals surface area contributed by atoms with Crippen LogP contribution in [0.15, 0.2) is 18.2 Å². The van der Waals surface area contributed by atoms with E-state index in [9.17, 15) is 18.4 Å². The standard InChI is InChI=1S/C21H29F2N5O2S/c1-4-6-8-24-13(3)20-27-28-21(31-20)26-19(30)17(7-5-2)25-18(29)11-14-9-15(22)12-16(23)10-14/h9-10,12-13,17,24H,4-8,11H2,1-3H3,(H,25,29)(H,26,28,30). The van der Waals surface area contributed by atoms with Gasteiger partial charge in [-0.2, -0.15) is 0 Å². The Morgan fingerprint density at radius 3 is 2.45 bits per heavy atom. The monoisotopic (exact) mass is 453 g/mol.